The minimum absolute atomic E-state index is 0.0565. The van der Waals surface area contributed by atoms with Gasteiger partial charge in [0.05, 0.1) is 48.9 Å². The van der Waals surface area contributed by atoms with Crippen molar-refractivity contribution >= 4 is 23.3 Å². The third kappa shape index (κ3) is 5.18. The highest BCUT2D eigenvalue weighted by atomic mass is 35.5. The maximum absolute atomic E-state index is 14.6. The van der Waals surface area contributed by atoms with E-state index in [-0.39, 0.29) is 11.4 Å². The van der Waals surface area contributed by atoms with E-state index in [0.717, 1.165) is 84.1 Å². The number of aryl methyl sites for hydroxylation is 1. The fourth-order valence-corrected chi connectivity index (χ4v) is 9.27. The number of nitrogens with zero attached hydrogens (tertiary/aromatic N) is 7. The summed E-state index contributed by atoms with van der Waals surface area (Å²) in [6.07, 6.45) is 4.74. The molecule has 0 N–H and O–H groups in total. The molecule has 3 aromatic rings. The highest BCUT2D eigenvalue weighted by Gasteiger charge is 2.50. The van der Waals surface area contributed by atoms with Crippen LogP contribution in [0.5, 0.6) is 6.01 Å². The molecular formula is C35H41ClFN7O4. The number of morpholine rings is 1. The van der Waals surface area contributed by atoms with Gasteiger partial charge in [-0.25, -0.2) is 4.39 Å². The minimum atomic E-state index is -0.831. The Labute approximate surface area is 284 Å². The molecule has 48 heavy (non-hydrogen) atoms. The van der Waals surface area contributed by atoms with Crippen LogP contribution in [0.25, 0.3) is 0 Å². The molecule has 0 bridgehead atoms. The first-order valence-corrected chi connectivity index (χ1v) is 17.8. The zero-order chi connectivity index (χ0) is 32.5. The monoisotopic (exact) mass is 677 g/mol. The summed E-state index contributed by atoms with van der Waals surface area (Å²) in [4.78, 5) is 29.7. The van der Waals surface area contributed by atoms with Crippen molar-refractivity contribution in [3.05, 3.63) is 63.1 Å². The van der Waals surface area contributed by atoms with E-state index in [9.17, 15) is 9.18 Å². The summed E-state index contributed by atoms with van der Waals surface area (Å²) in [7, 11) is 0. The standard InChI is InChI=1S/C35H41ClFN7O4/c36-28-5-1-4-27-25(28)6-8-35(27)18-30-26(21-48-35)31(39-33(38-30)47-22-34-7-2-10-43(34)19-23(37)17-34)42-9-3-11-44-24(20-42)16-29(40-44)32(45)41-12-14-46-15-13-41/h1,4-5,16,23H,2-3,6-15,17-22H2/t23?,34-,35-/m0/s1. The van der Waals surface area contributed by atoms with Crippen LogP contribution in [0.1, 0.15) is 70.7 Å². The van der Waals surface area contributed by atoms with Crippen molar-refractivity contribution < 1.29 is 23.4 Å². The summed E-state index contributed by atoms with van der Waals surface area (Å²) in [6.45, 7) is 6.36. The number of alkyl halides is 1. The Kier molecular flexibility index (Phi) is 7.63. The lowest BCUT2D eigenvalue weighted by atomic mass is 9.87. The number of benzene rings is 1. The Morgan fingerprint density at radius 2 is 1.98 bits per heavy atom. The summed E-state index contributed by atoms with van der Waals surface area (Å²) < 4.78 is 35.3. The molecule has 254 valence electrons. The van der Waals surface area contributed by atoms with Crippen LogP contribution in [0.4, 0.5) is 10.2 Å². The third-order valence-corrected chi connectivity index (χ3v) is 11.8. The number of fused-ring (bicyclic) bond motifs is 5. The summed E-state index contributed by atoms with van der Waals surface area (Å²) in [5, 5.41) is 5.51. The summed E-state index contributed by atoms with van der Waals surface area (Å²) in [6, 6.07) is 8.33. The van der Waals surface area contributed by atoms with E-state index in [4.69, 9.17) is 40.9 Å². The molecule has 1 amide bonds. The first kappa shape index (κ1) is 30.7. The van der Waals surface area contributed by atoms with Crippen LogP contribution in [-0.2, 0) is 47.6 Å². The Hall–Kier alpha value is -3.32. The average Bonchev–Trinajstić information content (AvgIpc) is 3.82. The van der Waals surface area contributed by atoms with Gasteiger partial charge in [-0.1, -0.05) is 23.7 Å². The van der Waals surface area contributed by atoms with E-state index in [1.807, 2.05) is 27.8 Å². The maximum Gasteiger partial charge on any atom is 0.318 e. The number of hydrogen-bond donors (Lipinski definition) is 0. The van der Waals surface area contributed by atoms with Gasteiger partial charge in [0.15, 0.2) is 5.69 Å². The molecule has 9 rings (SSSR count). The number of carbonyl (C=O) groups is 1. The fraction of sp³-hybridized carbons (Fsp3) is 0.600. The second kappa shape index (κ2) is 11.9. The number of hydrogen-bond acceptors (Lipinski definition) is 9. The van der Waals surface area contributed by atoms with Gasteiger partial charge in [0.2, 0.25) is 0 Å². The number of anilines is 1. The molecule has 11 nitrogen and oxygen atoms in total. The second-order valence-electron chi connectivity index (χ2n) is 14.3. The fourth-order valence-electron chi connectivity index (χ4n) is 9.01. The molecule has 3 atom stereocenters. The van der Waals surface area contributed by atoms with E-state index in [1.165, 1.54) is 0 Å². The molecule has 1 aromatic carbocycles. The van der Waals surface area contributed by atoms with Crippen LogP contribution >= 0.6 is 11.6 Å². The molecule has 1 spiro atoms. The summed E-state index contributed by atoms with van der Waals surface area (Å²) in [5.41, 5.74) is 4.80. The molecule has 7 heterocycles. The minimum Gasteiger partial charge on any atom is -0.461 e. The number of aromatic nitrogens is 4. The number of ether oxygens (including phenoxy) is 3. The number of carbonyl (C=O) groups excluding carboxylic acids is 1. The van der Waals surface area contributed by atoms with Crippen LogP contribution in [0.15, 0.2) is 24.3 Å². The zero-order valence-electron chi connectivity index (χ0n) is 27.1. The largest absolute Gasteiger partial charge is 0.461 e. The lowest BCUT2D eigenvalue weighted by molar-refractivity contribution is -0.0730. The molecule has 6 aliphatic rings. The molecular weight excluding hydrogens is 637 g/mol. The molecule has 1 aliphatic carbocycles. The first-order chi connectivity index (χ1) is 23.4. The van der Waals surface area contributed by atoms with Crippen LogP contribution < -0.4 is 9.64 Å². The Morgan fingerprint density at radius 3 is 2.88 bits per heavy atom. The molecule has 0 saturated carbocycles. The van der Waals surface area contributed by atoms with E-state index in [1.54, 1.807) is 0 Å². The van der Waals surface area contributed by atoms with Crippen molar-refractivity contribution in [1.29, 1.82) is 0 Å². The quantitative estimate of drug-likeness (QED) is 0.396. The molecule has 13 heteroatoms. The van der Waals surface area contributed by atoms with Crippen molar-refractivity contribution in [1.82, 2.24) is 29.5 Å². The van der Waals surface area contributed by atoms with E-state index in [0.29, 0.717) is 83.7 Å². The predicted molar refractivity (Wildman–Crippen MR) is 175 cm³/mol. The van der Waals surface area contributed by atoms with E-state index in [2.05, 4.69) is 15.9 Å². The average molecular weight is 678 g/mol. The Morgan fingerprint density at radius 1 is 1.08 bits per heavy atom. The Balaban J connectivity index is 1.05. The Bertz CT molecular complexity index is 1750. The normalized spacial score (nSPS) is 28.2. The maximum atomic E-state index is 14.6. The number of rotatable bonds is 5. The van der Waals surface area contributed by atoms with Crippen LogP contribution in [0, 0.1) is 0 Å². The van der Waals surface area contributed by atoms with E-state index >= 15 is 0 Å². The SMILES string of the molecule is O=C(c1cc2n(n1)CCCN(c1nc(OC[C@@]34CCCN3CC(F)C4)nc3c1CO[C@@]1(CCc4c(Cl)cccc41)C3)C2)N1CCOCC1. The molecule has 0 radical (unpaired) electrons. The molecule has 1 unspecified atom stereocenters. The molecule has 5 aliphatic heterocycles. The van der Waals surface area contributed by atoms with Crippen molar-refractivity contribution in [3.63, 3.8) is 0 Å². The van der Waals surface area contributed by atoms with Gasteiger partial charge >= 0.3 is 6.01 Å². The number of halogens is 2. The third-order valence-electron chi connectivity index (χ3n) is 11.4. The second-order valence-corrected chi connectivity index (χ2v) is 14.7. The van der Waals surface area contributed by atoms with Crippen molar-refractivity contribution in [2.75, 3.05) is 57.4 Å². The topological polar surface area (TPSA) is 98.1 Å². The van der Waals surface area contributed by atoms with Gasteiger partial charge in [-0.3, -0.25) is 14.4 Å². The van der Waals surface area contributed by atoms with Gasteiger partial charge in [-0.15, -0.1) is 0 Å². The van der Waals surface area contributed by atoms with Crippen LogP contribution in [-0.4, -0.2) is 99.7 Å². The lowest BCUT2D eigenvalue weighted by Crippen LogP contribution is -2.43. The predicted octanol–water partition coefficient (Wildman–Crippen LogP) is 4.08. The molecule has 3 fully saturated rings. The van der Waals surface area contributed by atoms with Gasteiger partial charge in [0.25, 0.3) is 5.91 Å². The van der Waals surface area contributed by atoms with Crippen LogP contribution in [0.2, 0.25) is 5.02 Å². The molecule has 2 aromatic heterocycles. The van der Waals surface area contributed by atoms with Crippen LogP contribution in [0.3, 0.4) is 0 Å². The highest BCUT2D eigenvalue weighted by molar-refractivity contribution is 6.31. The van der Waals surface area contributed by atoms with Crippen molar-refractivity contribution in [3.8, 4) is 6.01 Å². The van der Waals surface area contributed by atoms with Gasteiger partial charge in [0, 0.05) is 56.2 Å². The van der Waals surface area contributed by atoms with Gasteiger partial charge in [-0.2, -0.15) is 15.1 Å². The van der Waals surface area contributed by atoms with Crippen molar-refractivity contribution in [2.24, 2.45) is 0 Å². The number of amides is 1. The van der Waals surface area contributed by atoms with Gasteiger partial charge < -0.3 is 24.0 Å². The summed E-state index contributed by atoms with van der Waals surface area (Å²) in [5.74, 6) is 0.736. The lowest BCUT2D eigenvalue weighted by Gasteiger charge is -2.37. The molecule has 3 saturated heterocycles. The summed E-state index contributed by atoms with van der Waals surface area (Å²) >= 11 is 6.63. The van der Waals surface area contributed by atoms with Gasteiger partial charge in [0.1, 0.15) is 18.6 Å². The van der Waals surface area contributed by atoms with E-state index < -0.39 is 11.8 Å². The van der Waals surface area contributed by atoms with Gasteiger partial charge in [-0.05, 0) is 61.9 Å². The zero-order valence-corrected chi connectivity index (χ0v) is 27.9. The first-order valence-electron chi connectivity index (χ1n) is 17.4. The van der Waals surface area contributed by atoms with Crippen molar-refractivity contribution in [2.45, 2.75) is 82.0 Å². The highest BCUT2D eigenvalue weighted by Crippen LogP contribution is 2.49. The smallest absolute Gasteiger partial charge is 0.318 e.